The Morgan fingerprint density at radius 2 is 2.08 bits per heavy atom. The van der Waals surface area contributed by atoms with Crippen molar-refractivity contribution in [3.05, 3.63) is 35.1 Å². The molecule has 0 atom stereocenters. The predicted molar refractivity (Wildman–Crippen MR) is 45.4 cm³/mol. The van der Waals surface area contributed by atoms with Crippen molar-refractivity contribution in [2.24, 2.45) is 0 Å². The molecule has 0 heterocycles. The summed E-state index contributed by atoms with van der Waals surface area (Å²) in [5, 5.41) is 0. The third-order valence-corrected chi connectivity index (χ3v) is 1.82. The molecule has 0 aliphatic heterocycles. The Labute approximate surface area is 71.2 Å². The van der Waals surface area contributed by atoms with E-state index >= 15 is 0 Å². The lowest BCUT2D eigenvalue weighted by atomic mass is 10.1. The van der Waals surface area contributed by atoms with Crippen molar-refractivity contribution in [1.29, 1.82) is 0 Å². The Balaban J connectivity index is 2.69. The van der Waals surface area contributed by atoms with Crippen molar-refractivity contribution in [3.63, 3.8) is 0 Å². The minimum atomic E-state index is -0.309. The lowest BCUT2D eigenvalue weighted by Gasteiger charge is -2.01. The molecule has 1 aromatic rings. The van der Waals surface area contributed by atoms with Crippen LogP contribution in [-0.2, 0) is 6.42 Å². The number of rotatable bonds is 3. The van der Waals surface area contributed by atoms with Crippen molar-refractivity contribution in [3.8, 4) is 0 Å². The Kier molecular flexibility index (Phi) is 3.20. The van der Waals surface area contributed by atoms with E-state index in [1.54, 1.807) is 19.1 Å². The molecule has 0 aliphatic carbocycles. The molecule has 0 fully saturated rings. The standard InChI is InChI=1S/C10H12F2/c1-8-7-9(3-2-6-11)4-5-10(8)12/h4-5,7H,2-3,6H2,1H3. The molecule has 0 spiro atoms. The zero-order chi connectivity index (χ0) is 8.97. The van der Waals surface area contributed by atoms with Gasteiger partial charge in [-0.25, -0.2) is 4.39 Å². The molecule has 66 valence electrons. The summed E-state index contributed by atoms with van der Waals surface area (Å²) in [5.74, 6) is -0.195. The van der Waals surface area contributed by atoms with Crippen LogP contribution in [0, 0.1) is 12.7 Å². The summed E-state index contributed by atoms with van der Waals surface area (Å²) in [4.78, 5) is 0. The van der Waals surface area contributed by atoms with Gasteiger partial charge in [0.2, 0.25) is 0 Å². The van der Waals surface area contributed by atoms with Crippen LogP contribution in [0.15, 0.2) is 18.2 Å². The molecule has 12 heavy (non-hydrogen) atoms. The van der Waals surface area contributed by atoms with Gasteiger partial charge in [-0.2, -0.15) is 0 Å². The number of hydrogen-bond donors (Lipinski definition) is 0. The van der Waals surface area contributed by atoms with Gasteiger partial charge in [-0.1, -0.05) is 12.1 Å². The van der Waals surface area contributed by atoms with E-state index in [1.165, 1.54) is 6.07 Å². The van der Waals surface area contributed by atoms with E-state index in [0.717, 1.165) is 5.56 Å². The summed E-state index contributed by atoms with van der Waals surface area (Å²) in [5.41, 5.74) is 1.64. The van der Waals surface area contributed by atoms with Crippen LogP contribution in [0.25, 0.3) is 0 Å². The zero-order valence-corrected chi connectivity index (χ0v) is 7.11. The Morgan fingerprint density at radius 3 is 2.67 bits per heavy atom. The molecular formula is C10H12F2. The highest BCUT2D eigenvalue weighted by atomic mass is 19.1. The molecular weight excluding hydrogens is 158 g/mol. The van der Waals surface area contributed by atoms with E-state index in [4.69, 9.17) is 0 Å². The molecule has 0 amide bonds. The van der Waals surface area contributed by atoms with Crippen molar-refractivity contribution in [1.82, 2.24) is 0 Å². The fourth-order valence-electron chi connectivity index (χ4n) is 1.13. The summed E-state index contributed by atoms with van der Waals surface area (Å²) in [6, 6.07) is 4.91. The minimum absolute atomic E-state index is 0.195. The molecule has 0 bridgehead atoms. The summed E-state index contributed by atoms with van der Waals surface area (Å²) in [6.07, 6.45) is 1.21. The van der Waals surface area contributed by atoms with E-state index in [2.05, 4.69) is 0 Å². The lowest BCUT2D eigenvalue weighted by Crippen LogP contribution is -1.89. The van der Waals surface area contributed by atoms with Gasteiger partial charge in [-0.05, 0) is 37.0 Å². The number of benzene rings is 1. The summed E-state index contributed by atoms with van der Waals surface area (Å²) in [7, 11) is 0. The predicted octanol–water partition coefficient (Wildman–Crippen LogP) is 3.04. The van der Waals surface area contributed by atoms with Gasteiger partial charge < -0.3 is 0 Å². The Bertz CT molecular complexity index is 256. The SMILES string of the molecule is Cc1cc(CCCF)ccc1F. The van der Waals surface area contributed by atoms with Gasteiger partial charge in [-0.3, -0.25) is 4.39 Å². The second kappa shape index (κ2) is 4.19. The highest BCUT2D eigenvalue weighted by Crippen LogP contribution is 2.10. The number of hydrogen-bond acceptors (Lipinski definition) is 0. The van der Waals surface area contributed by atoms with Crippen LogP contribution < -0.4 is 0 Å². The first-order chi connectivity index (χ1) is 5.74. The summed E-state index contributed by atoms with van der Waals surface area (Å²) in [6.45, 7) is 1.41. The van der Waals surface area contributed by atoms with Crippen LogP contribution in [0.2, 0.25) is 0 Å². The van der Waals surface area contributed by atoms with Crippen LogP contribution in [0.3, 0.4) is 0 Å². The third-order valence-electron chi connectivity index (χ3n) is 1.82. The van der Waals surface area contributed by atoms with Gasteiger partial charge >= 0.3 is 0 Å². The minimum Gasteiger partial charge on any atom is -0.251 e. The molecule has 0 aliphatic rings. The fourth-order valence-corrected chi connectivity index (χ4v) is 1.13. The quantitative estimate of drug-likeness (QED) is 0.654. The monoisotopic (exact) mass is 170 g/mol. The molecule has 1 aromatic carbocycles. The lowest BCUT2D eigenvalue weighted by molar-refractivity contribution is 0.473. The molecule has 0 saturated carbocycles. The van der Waals surface area contributed by atoms with Crippen molar-refractivity contribution < 1.29 is 8.78 Å². The van der Waals surface area contributed by atoms with Crippen LogP contribution in [-0.4, -0.2) is 6.67 Å². The maximum atomic E-state index is 12.7. The largest absolute Gasteiger partial charge is 0.251 e. The maximum absolute atomic E-state index is 12.7. The van der Waals surface area contributed by atoms with E-state index in [-0.39, 0.29) is 12.5 Å². The first-order valence-corrected chi connectivity index (χ1v) is 4.05. The van der Waals surface area contributed by atoms with E-state index < -0.39 is 0 Å². The number of aryl methyl sites for hydroxylation is 2. The number of halogens is 2. The van der Waals surface area contributed by atoms with Gasteiger partial charge in [-0.15, -0.1) is 0 Å². The normalized spacial score (nSPS) is 10.2. The van der Waals surface area contributed by atoms with Crippen molar-refractivity contribution in [2.45, 2.75) is 19.8 Å². The van der Waals surface area contributed by atoms with Gasteiger partial charge in [0.15, 0.2) is 0 Å². The van der Waals surface area contributed by atoms with Gasteiger partial charge in [0.25, 0.3) is 0 Å². The molecule has 0 radical (unpaired) electrons. The van der Waals surface area contributed by atoms with E-state index in [0.29, 0.717) is 18.4 Å². The number of alkyl halides is 1. The van der Waals surface area contributed by atoms with Crippen LogP contribution in [0.5, 0.6) is 0 Å². The summed E-state index contributed by atoms with van der Waals surface area (Å²) >= 11 is 0. The topological polar surface area (TPSA) is 0 Å². The van der Waals surface area contributed by atoms with Gasteiger partial charge in [0, 0.05) is 0 Å². The molecule has 0 aromatic heterocycles. The highest BCUT2D eigenvalue weighted by Gasteiger charge is 1.98. The molecule has 0 nitrogen and oxygen atoms in total. The smallest absolute Gasteiger partial charge is 0.126 e. The average molecular weight is 170 g/mol. The zero-order valence-electron chi connectivity index (χ0n) is 7.11. The maximum Gasteiger partial charge on any atom is 0.126 e. The molecule has 0 N–H and O–H groups in total. The second-order valence-corrected chi connectivity index (χ2v) is 2.88. The van der Waals surface area contributed by atoms with Crippen LogP contribution in [0.1, 0.15) is 17.5 Å². The molecule has 0 unspecified atom stereocenters. The average Bonchev–Trinajstić information content (AvgIpc) is 2.07. The van der Waals surface area contributed by atoms with Crippen molar-refractivity contribution >= 4 is 0 Å². The first kappa shape index (κ1) is 9.17. The summed E-state index contributed by atoms with van der Waals surface area (Å²) < 4.78 is 24.5. The molecule has 2 heteroatoms. The third kappa shape index (κ3) is 2.29. The van der Waals surface area contributed by atoms with E-state index in [9.17, 15) is 8.78 Å². The molecule has 1 rings (SSSR count). The first-order valence-electron chi connectivity index (χ1n) is 4.05. The fraction of sp³-hybridized carbons (Fsp3) is 0.400. The van der Waals surface area contributed by atoms with Crippen LogP contribution >= 0.6 is 0 Å². The van der Waals surface area contributed by atoms with E-state index in [1.807, 2.05) is 0 Å². The highest BCUT2D eigenvalue weighted by molar-refractivity contribution is 5.23. The van der Waals surface area contributed by atoms with Gasteiger partial charge in [0.05, 0.1) is 6.67 Å². The van der Waals surface area contributed by atoms with Crippen LogP contribution in [0.4, 0.5) is 8.78 Å². The second-order valence-electron chi connectivity index (χ2n) is 2.88. The van der Waals surface area contributed by atoms with Gasteiger partial charge in [0.1, 0.15) is 5.82 Å². The Morgan fingerprint density at radius 1 is 1.33 bits per heavy atom. The molecule has 0 saturated heterocycles. The van der Waals surface area contributed by atoms with Crippen molar-refractivity contribution in [2.75, 3.05) is 6.67 Å². The Hall–Kier alpha value is -0.920.